The summed E-state index contributed by atoms with van der Waals surface area (Å²) in [5.41, 5.74) is 7.33. The largest absolute Gasteiger partial charge is 0.488 e. The quantitative estimate of drug-likeness (QED) is 0.177. The Balaban J connectivity index is 1.38. The summed E-state index contributed by atoms with van der Waals surface area (Å²) in [5.74, 6) is 1.64. The molecule has 0 fully saturated rings. The summed E-state index contributed by atoms with van der Waals surface area (Å²) < 4.78 is 7.68. The topological polar surface area (TPSA) is 102 Å². The van der Waals surface area contributed by atoms with Crippen molar-refractivity contribution in [1.29, 1.82) is 0 Å². The first kappa shape index (κ1) is 24.9. The number of hydrogen-bond donors (Lipinski definition) is 2. The fraction of sp³-hybridized carbons (Fsp3) is 0.107. The van der Waals surface area contributed by atoms with Crippen LogP contribution in [0.4, 0.5) is 17.6 Å². The van der Waals surface area contributed by atoms with Crippen molar-refractivity contribution in [3.05, 3.63) is 112 Å². The molecule has 2 N–H and O–H groups in total. The first-order chi connectivity index (χ1) is 18.5. The zero-order valence-electron chi connectivity index (χ0n) is 20.8. The van der Waals surface area contributed by atoms with Gasteiger partial charge in [-0.25, -0.2) is 10.1 Å². The number of anilines is 3. The lowest BCUT2D eigenvalue weighted by Crippen LogP contribution is -2.11. The van der Waals surface area contributed by atoms with Crippen LogP contribution in [0, 0.1) is 13.8 Å². The Morgan fingerprint density at radius 1 is 0.895 bits per heavy atom. The number of aryl methyl sites for hydroxylation is 2. The molecule has 38 heavy (non-hydrogen) atoms. The molecule has 9 nitrogen and oxygen atoms in total. The lowest BCUT2D eigenvalue weighted by Gasteiger charge is -2.10. The van der Waals surface area contributed by atoms with E-state index >= 15 is 0 Å². The molecule has 2 aromatic heterocycles. The maximum Gasteiger partial charge on any atom is 0.257 e. The molecule has 0 bridgehead atoms. The van der Waals surface area contributed by atoms with E-state index in [9.17, 15) is 0 Å². The van der Waals surface area contributed by atoms with E-state index < -0.39 is 0 Å². The average molecular weight is 525 g/mol. The molecule has 0 saturated carbocycles. The third-order valence-corrected chi connectivity index (χ3v) is 5.70. The maximum atomic E-state index is 6.02. The lowest BCUT2D eigenvalue weighted by atomic mass is 10.2. The first-order valence-electron chi connectivity index (χ1n) is 11.9. The number of ether oxygens (including phenoxy) is 1. The van der Waals surface area contributed by atoms with Crippen LogP contribution >= 0.6 is 11.6 Å². The highest BCUT2D eigenvalue weighted by Crippen LogP contribution is 2.20. The van der Waals surface area contributed by atoms with Gasteiger partial charge in [-0.2, -0.15) is 25.2 Å². The van der Waals surface area contributed by atoms with Gasteiger partial charge in [-0.05, 0) is 61.9 Å². The van der Waals surface area contributed by atoms with Crippen molar-refractivity contribution < 1.29 is 4.74 Å². The van der Waals surface area contributed by atoms with Crippen molar-refractivity contribution in [2.45, 2.75) is 20.5 Å². The van der Waals surface area contributed by atoms with Gasteiger partial charge in [0.05, 0.1) is 11.9 Å². The highest BCUT2D eigenvalue weighted by molar-refractivity contribution is 6.30. The van der Waals surface area contributed by atoms with Crippen LogP contribution in [0.15, 0.2) is 90.0 Å². The highest BCUT2D eigenvalue weighted by Gasteiger charge is 2.12. The molecule has 0 amide bonds. The molecule has 5 aromatic rings. The Hall–Kier alpha value is -4.76. The highest BCUT2D eigenvalue weighted by atomic mass is 35.5. The van der Waals surface area contributed by atoms with Gasteiger partial charge in [0.1, 0.15) is 12.4 Å². The van der Waals surface area contributed by atoms with Crippen molar-refractivity contribution in [1.82, 2.24) is 24.7 Å². The van der Waals surface area contributed by atoms with E-state index in [1.54, 1.807) is 23.0 Å². The van der Waals surface area contributed by atoms with Crippen LogP contribution in [0.25, 0.3) is 5.95 Å². The predicted molar refractivity (Wildman–Crippen MR) is 150 cm³/mol. The Morgan fingerprint density at radius 2 is 1.63 bits per heavy atom. The number of hydrogen-bond acceptors (Lipinski definition) is 8. The number of nitrogens with one attached hydrogen (secondary N) is 2. The van der Waals surface area contributed by atoms with Crippen LogP contribution in [0.2, 0.25) is 5.02 Å². The van der Waals surface area contributed by atoms with Gasteiger partial charge in [-0.15, -0.1) is 0 Å². The van der Waals surface area contributed by atoms with E-state index in [1.165, 1.54) is 0 Å². The van der Waals surface area contributed by atoms with Crippen LogP contribution in [0.1, 0.15) is 22.5 Å². The molecule has 190 valence electrons. The van der Waals surface area contributed by atoms with Crippen molar-refractivity contribution in [2.24, 2.45) is 5.10 Å². The zero-order valence-corrected chi connectivity index (χ0v) is 21.6. The molecule has 0 aliphatic heterocycles. The summed E-state index contributed by atoms with van der Waals surface area (Å²) in [6, 6.07) is 26.9. The summed E-state index contributed by atoms with van der Waals surface area (Å²) in [6.07, 6.45) is 1.67. The minimum Gasteiger partial charge on any atom is -0.488 e. The van der Waals surface area contributed by atoms with Gasteiger partial charge in [0.2, 0.25) is 11.9 Å². The third kappa shape index (κ3) is 6.32. The number of para-hydroxylation sites is 1. The minimum absolute atomic E-state index is 0.248. The fourth-order valence-corrected chi connectivity index (χ4v) is 3.80. The Kier molecular flexibility index (Phi) is 7.56. The molecule has 2 heterocycles. The first-order valence-corrected chi connectivity index (χ1v) is 12.3. The van der Waals surface area contributed by atoms with Gasteiger partial charge in [0, 0.05) is 22.0 Å². The smallest absolute Gasteiger partial charge is 0.257 e. The van der Waals surface area contributed by atoms with Crippen molar-refractivity contribution in [3.63, 3.8) is 0 Å². The summed E-state index contributed by atoms with van der Waals surface area (Å²) in [7, 11) is 0. The van der Waals surface area contributed by atoms with Crippen LogP contribution < -0.4 is 15.5 Å². The number of nitrogens with zero attached hydrogens (tertiary/aromatic N) is 6. The maximum absolute atomic E-state index is 6.02. The second kappa shape index (κ2) is 11.5. The van der Waals surface area contributed by atoms with Gasteiger partial charge in [-0.3, -0.25) is 0 Å². The number of hydrazone groups is 1. The van der Waals surface area contributed by atoms with Crippen molar-refractivity contribution >= 4 is 35.4 Å². The van der Waals surface area contributed by atoms with Crippen molar-refractivity contribution in [2.75, 3.05) is 10.7 Å². The molecular weight excluding hydrogens is 500 g/mol. The predicted octanol–water partition coefficient (Wildman–Crippen LogP) is 6.10. The van der Waals surface area contributed by atoms with E-state index in [2.05, 4.69) is 35.9 Å². The SMILES string of the molecule is Cc1cc(C)n(-c2nc(N/N=C\c3ccccc3OCc3ccccc3)nc(Nc3ccc(Cl)cc3)n2)n1. The van der Waals surface area contributed by atoms with Crippen molar-refractivity contribution in [3.8, 4) is 11.7 Å². The number of halogens is 1. The molecule has 0 aliphatic rings. The molecule has 5 rings (SSSR count). The van der Waals surface area contributed by atoms with E-state index in [0.29, 0.717) is 29.3 Å². The number of rotatable bonds is 9. The molecule has 0 unspecified atom stereocenters. The number of benzene rings is 3. The van der Waals surface area contributed by atoms with Gasteiger partial charge in [0.25, 0.3) is 5.95 Å². The summed E-state index contributed by atoms with van der Waals surface area (Å²) >= 11 is 6.02. The molecule has 3 aromatic carbocycles. The zero-order chi connectivity index (χ0) is 26.3. The Labute approximate surface area is 225 Å². The second-order valence-electron chi connectivity index (χ2n) is 8.44. The molecule has 0 spiro atoms. The average Bonchev–Trinajstić information content (AvgIpc) is 3.27. The molecular formula is C28H25ClN8O. The lowest BCUT2D eigenvalue weighted by molar-refractivity contribution is 0.306. The van der Waals surface area contributed by atoms with Gasteiger partial charge >= 0.3 is 0 Å². The second-order valence-corrected chi connectivity index (χ2v) is 8.87. The van der Waals surface area contributed by atoms with E-state index in [-0.39, 0.29) is 5.95 Å². The van der Waals surface area contributed by atoms with Gasteiger partial charge in [0.15, 0.2) is 0 Å². The molecule has 0 saturated heterocycles. The number of aromatic nitrogens is 5. The minimum atomic E-state index is 0.248. The molecule has 0 radical (unpaired) electrons. The van der Waals surface area contributed by atoms with Crippen LogP contribution in [0.3, 0.4) is 0 Å². The summed E-state index contributed by atoms with van der Waals surface area (Å²) in [4.78, 5) is 13.6. The van der Waals surface area contributed by atoms with Crippen LogP contribution in [0.5, 0.6) is 5.75 Å². The summed E-state index contributed by atoms with van der Waals surface area (Å²) in [6.45, 7) is 4.31. The van der Waals surface area contributed by atoms with Crippen LogP contribution in [-0.2, 0) is 6.61 Å². The van der Waals surface area contributed by atoms with E-state index in [4.69, 9.17) is 16.3 Å². The van der Waals surface area contributed by atoms with E-state index in [1.807, 2.05) is 86.6 Å². The Bertz CT molecular complexity index is 1550. The molecule has 0 aliphatic carbocycles. The van der Waals surface area contributed by atoms with Crippen LogP contribution in [-0.4, -0.2) is 30.9 Å². The van der Waals surface area contributed by atoms with E-state index in [0.717, 1.165) is 28.2 Å². The molecule has 10 heteroatoms. The van der Waals surface area contributed by atoms with Gasteiger partial charge in [-0.1, -0.05) is 54.1 Å². The van der Waals surface area contributed by atoms with Gasteiger partial charge < -0.3 is 10.1 Å². The fourth-order valence-electron chi connectivity index (χ4n) is 3.67. The Morgan fingerprint density at radius 3 is 2.39 bits per heavy atom. The third-order valence-electron chi connectivity index (χ3n) is 5.45. The normalized spacial score (nSPS) is 11.0. The standard InChI is InChI=1S/C28H25ClN8O/c1-19-16-20(2)37(36-19)28-33-26(31-24-14-12-23(29)13-15-24)32-27(34-28)35-30-17-22-10-6-7-11-25(22)38-18-21-8-4-3-5-9-21/h3-17H,18H2,1-2H3,(H2,31,32,33,34,35)/b30-17-. The monoisotopic (exact) mass is 524 g/mol. The summed E-state index contributed by atoms with van der Waals surface area (Å²) in [5, 5.41) is 12.7. The molecule has 0 atom stereocenters.